The summed E-state index contributed by atoms with van der Waals surface area (Å²) in [5.74, 6) is -0.488. The lowest BCUT2D eigenvalue weighted by Crippen LogP contribution is -2.42. The summed E-state index contributed by atoms with van der Waals surface area (Å²) in [5, 5.41) is 4.21. The van der Waals surface area contributed by atoms with Gasteiger partial charge in [0.05, 0.1) is 34.7 Å². The number of carbonyl (C=O) groups is 1. The number of amides is 1. The van der Waals surface area contributed by atoms with E-state index in [0.29, 0.717) is 24.5 Å². The summed E-state index contributed by atoms with van der Waals surface area (Å²) < 4.78 is 52.7. The Hall–Kier alpha value is -3.18. The summed E-state index contributed by atoms with van der Waals surface area (Å²) in [4.78, 5) is 15.0. The highest BCUT2D eigenvalue weighted by atomic mass is 32.2. The Labute approximate surface area is 210 Å². The number of halogens is 1. The van der Waals surface area contributed by atoms with Crippen LogP contribution in [-0.2, 0) is 14.8 Å². The molecule has 1 aromatic carbocycles. The van der Waals surface area contributed by atoms with Crippen LogP contribution in [-0.4, -0.2) is 55.6 Å². The van der Waals surface area contributed by atoms with Crippen LogP contribution in [0.1, 0.15) is 55.6 Å². The third-order valence-corrected chi connectivity index (χ3v) is 8.31. The smallest absolute Gasteiger partial charge is 0.268 e. The van der Waals surface area contributed by atoms with E-state index in [4.69, 9.17) is 9.47 Å². The van der Waals surface area contributed by atoms with Crippen molar-refractivity contribution in [3.05, 3.63) is 59.7 Å². The average Bonchev–Trinajstić information content (AvgIpc) is 3.46. The number of hydrogen-bond acceptors (Lipinski definition) is 7. The van der Waals surface area contributed by atoms with Crippen LogP contribution < -0.4 is 14.4 Å². The maximum atomic E-state index is 14.2. The summed E-state index contributed by atoms with van der Waals surface area (Å²) >= 11 is 0. The molecule has 194 valence electrons. The lowest BCUT2D eigenvalue weighted by Gasteiger charge is -2.28. The minimum absolute atomic E-state index is 0.137. The summed E-state index contributed by atoms with van der Waals surface area (Å²) in [7, 11) is -2.30. The molecule has 1 atom stereocenters. The highest BCUT2D eigenvalue weighted by Crippen LogP contribution is 2.40. The summed E-state index contributed by atoms with van der Waals surface area (Å²) in [6.45, 7) is 6.04. The van der Waals surface area contributed by atoms with Crippen LogP contribution in [0.4, 0.5) is 10.1 Å². The molecule has 1 saturated heterocycles. The number of ether oxygens (including phenoxy) is 2. The number of sulfonamides is 1. The van der Waals surface area contributed by atoms with Gasteiger partial charge >= 0.3 is 0 Å². The molecule has 0 spiro atoms. The van der Waals surface area contributed by atoms with Gasteiger partial charge in [-0.15, -0.1) is 0 Å². The van der Waals surface area contributed by atoms with Gasteiger partial charge in [0.1, 0.15) is 18.2 Å². The van der Waals surface area contributed by atoms with Crippen molar-refractivity contribution in [1.82, 2.24) is 14.3 Å². The first kappa shape index (κ1) is 25.9. The van der Waals surface area contributed by atoms with Crippen LogP contribution >= 0.6 is 0 Å². The van der Waals surface area contributed by atoms with Crippen LogP contribution in [0, 0.1) is 5.82 Å². The van der Waals surface area contributed by atoms with Crippen molar-refractivity contribution in [2.24, 2.45) is 0 Å². The molecule has 3 aromatic rings. The molecule has 1 fully saturated rings. The third kappa shape index (κ3) is 5.17. The van der Waals surface area contributed by atoms with Gasteiger partial charge in [-0.3, -0.25) is 4.79 Å². The van der Waals surface area contributed by atoms with Crippen LogP contribution in [0.3, 0.4) is 0 Å². The molecule has 0 radical (unpaired) electrons. The molecule has 4 rings (SSSR count). The Balaban J connectivity index is 1.66. The number of benzene rings is 1. The normalized spacial score (nSPS) is 16.5. The molecule has 3 heterocycles. The monoisotopic (exact) mass is 518 g/mol. The fourth-order valence-electron chi connectivity index (χ4n) is 4.20. The van der Waals surface area contributed by atoms with Gasteiger partial charge in [0, 0.05) is 31.1 Å². The number of anilines is 1. The number of methoxy groups -OCH3 is 1. The first-order valence-electron chi connectivity index (χ1n) is 11.7. The van der Waals surface area contributed by atoms with Crippen molar-refractivity contribution in [3.63, 3.8) is 0 Å². The molecule has 2 aromatic heterocycles. The van der Waals surface area contributed by atoms with Gasteiger partial charge in [0.15, 0.2) is 0 Å². The van der Waals surface area contributed by atoms with E-state index in [0.717, 1.165) is 30.6 Å². The number of hydrogen-bond donors (Lipinski definition) is 1. The maximum absolute atomic E-state index is 14.2. The predicted molar refractivity (Wildman–Crippen MR) is 134 cm³/mol. The molecular formula is C25H31FN4O5S. The lowest BCUT2D eigenvalue weighted by molar-refractivity contribution is 0.0982. The van der Waals surface area contributed by atoms with Crippen molar-refractivity contribution in [2.45, 2.75) is 44.4 Å². The zero-order valence-corrected chi connectivity index (χ0v) is 21.6. The number of nitrogens with one attached hydrogen (secondary N) is 1. The van der Waals surface area contributed by atoms with Gasteiger partial charge in [0.2, 0.25) is 10.0 Å². The van der Waals surface area contributed by atoms with Crippen molar-refractivity contribution in [3.8, 4) is 5.75 Å². The van der Waals surface area contributed by atoms with Crippen LogP contribution in [0.5, 0.6) is 5.75 Å². The lowest BCUT2D eigenvalue weighted by atomic mass is 10.0. The standard InChI is InChI=1S/C25H31FN4O5S/c1-25(2,3)36(32,33)28-24(31)20-16-27-30-11-9-18(15-22(20)30)29-10-5-6-21(29)19-14-17(26)7-8-23(19)35-13-12-34-4/h7-9,11,14-16,21H,5-6,10,12-13H2,1-4H3,(H,28,31)/t21-/m1/s1. The molecule has 0 saturated carbocycles. The second kappa shape index (κ2) is 10.1. The van der Waals surface area contributed by atoms with Gasteiger partial charge in [-0.25, -0.2) is 22.0 Å². The number of pyridine rings is 1. The second-order valence-electron chi connectivity index (χ2n) is 9.69. The number of aromatic nitrogens is 2. The molecule has 1 N–H and O–H groups in total. The SMILES string of the molecule is COCCOc1ccc(F)cc1[C@H]1CCCN1c1ccn2ncc(C(=O)NS(=O)(=O)C(C)(C)C)c2c1. The summed E-state index contributed by atoms with van der Waals surface area (Å²) in [6, 6.07) is 8.04. The van der Waals surface area contributed by atoms with Gasteiger partial charge in [-0.05, 0) is 63.9 Å². The molecule has 0 unspecified atom stereocenters. The zero-order valence-electron chi connectivity index (χ0n) is 20.8. The molecule has 1 amide bonds. The van der Waals surface area contributed by atoms with E-state index in [1.54, 1.807) is 25.4 Å². The first-order valence-corrected chi connectivity index (χ1v) is 13.2. The summed E-state index contributed by atoms with van der Waals surface area (Å²) in [5.41, 5.74) is 2.17. The molecule has 36 heavy (non-hydrogen) atoms. The molecule has 1 aliphatic heterocycles. The Morgan fingerprint density at radius 2 is 2.00 bits per heavy atom. The highest BCUT2D eigenvalue weighted by Gasteiger charge is 2.33. The molecule has 0 aliphatic carbocycles. The minimum atomic E-state index is -3.89. The third-order valence-electron chi connectivity index (χ3n) is 6.24. The van der Waals surface area contributed by atoms with E-state index in [2.05, 4.69) is 14.7 Å². The van der Waals surface area contributed by atoms with Crippen molar-refractivity contribution in [1.29, 1.82) is 0 Å². The van der Waals surface area contributed by atoms with Crippen LogP contribution in [0.2, 0.25) is 0 Å². The van der Waals surface area contributed by atoms with Crippen molar-refractivity contribution < 1.29 is 27.1 Å². The Morgan fingerprint density at radius 1 is 1.22 bits per heavy atom. The fourth-order valence-corrected chi connectivity index (χ4v) is 4.86. The number of fused-ring (bicyclic) bond motifs is 1. The largest absolute Gasteiger partial charge is 0.491 e. The van der Waals surface area contributed by atoms with Gasteiger partial charge in [-0.2, -0.15) is 5.10 Å². The second-order valence-corrected chi connectivity index (χ2v) is 12.1. The summed E-state index contributed by atoms with van der Waals surface area (Å²) in [6.07, 6.45) is 4.76. The first-order chi connectivity index (χ1) is 17.0. The predicted octanol–water partition coefficient (Wildman–Crippen LogP) is 3.70. The van der Waals surface area contributed by atoms with Gasteiger partial charge in [0.25, 0.3) is 5.91 Å². The van der Waals surface area contributed by atoms with E-state index in [-0.39, 0.29) is 17.4 Å². The van der Waals surface area contributed by atoms with E-state index in [9.17, 15) is 17.6 Å². The minimum Gasteiger partial charge on any atom is -0.491 e. The topological polar surface area (TPSA) is 102 Å². The quantitative estimate of drug-likeness (QED) is 0.454. The van der Waals surface area contributed by atoms with Crippen LogP contribution in [0.25, 0.3) is 5.52 Å². The van der Waals surface area contributed by atoms with Gasteiger partial charge < -0.3 is 14.4 Å². The van der Waals surface area contributed by atoms with Crippen molar-refractivity contribution >= 4 is 27.1 Å². The average molecular weight is 519 g/mol. The molecule has 11 heteroatoms. The Bertz CT molecular complexity index is 1370. The fraction of sp³-hybridized carbons (Fsp3) is 0.440. The van der Waals surface area contributed by atoms with Gasteiger partial charge in [-0.1, -0.05) is 0 Å². The zero-order chi connectivity index (χ0) is 26.1. The molecule has 9 nitrogen and oxygen atoms in total. The Morgan fingerprint density at radius 3 is 2.72 bits per heavy atom. The number of nitrogens with zero attached hydrogens (tertiary/aromatic N) is 3. The number of carbonyl (C=O) groups excluding carboxylic acids is 1. The maximum Gasteiger partial charge on any atom is 0.268 e. The highest BCUT2D eigenvalue weighted by molar-refractivity contribution is 7.91. The Kier molecular flexibility index (Phi) is 7.24. The van der Waals surface area contributed by atoms with E-state index >= 15 is 0 Å². The molecule has 1 aliphatic rings. The van der Waals surface area contributed by atoms with E-state index in [1.165, 1.54) is 43.6 Å². The van der Waals surface area contributed by atoms with E-state index in [1.807, 2.05) is 6.07 Å². The van der Waals surface area contributed by atoms with E-state index < -0.39 is 20.7 Å². The molecule has 0 bridgehead atoms. The van der Waals surface area contributed by atoms with Crippen molar-refractivity contribution in [2.75, 3.05) is 31.8 Å². The van der Waals surface area contributed by atoms with Crippen LogP contribution in [0.15, 0.2) is 42.7 Å². The number of rotatable bonds is 8. The molecular weight excluding hydrogens is 487 g/mol.